The number of aliphatic imine (C=N–C) groups is 1. The molecule has 0 bridgehead atoms. The van der Waals surface area contributed by atoms with E-state index in [0.29, 0.717) is 19.0 Å². The van der Waals surface area contributed by atoms with Crippen LogP contribution in [-0.4, -0.2) is 77.7 Å². The van der Waals surface area contributed by atoms with E-state index in [1.807, 2.05) is 12.1 Å². The van der Waals surface area contributed by atoms with E-state index in [9.17, 15) is 8.42 Å². The lowest BCUT2D eigenvalue weighted by atomic mass is 9.98. The third-order valence-electron chi connectivity index (χ3n) is 4.94. The fourth-order valence-corrected chi connectivity index (χ4v) is 4.31. The summed E-state index contributed by atoms with van der Waals surface area (Å²) < 4.78 is 28.1. The van der Waals surface area contributed by atoms with Gasteiger partial charge in [-0.1, -0.05) is 19.1 Å². The lowest BCUT2D eigenvalue weighted by Crippen LogP contribution is -2.46. The molecule has 1 atom stereocenters. The van der Waals surface area contributed by atoms with Crippen LogP contribution in [0.4, 0.5) is 0 Å². The number of rotatable bonds is 8. The second kappa shape index (κ2) is 10.5. The van der Waals surface area contributed by atoms with Crippen molar-refractivity contribution in [3.05, 3.63) is 29.8 Å². The van der Waals surface area contributed by atoms with Crippen molar-refractivity contribution in [3.8, 4) is 5.75 Å². The summed E-state index contributed by atoms with van der Waals surface area (Å²) in [5, 5.41) is 6.64. The number of benzene rings is 1. The molecular weight excluding hydrogens is 364 g/mol. The maximum absolute atomic E-state index is 11.5. The zero-order valence-electron chi connectivity index (χ0n) is 16.6. The summed E-state index contributed by atoms with van der Waals surface area (Å²) in [6, 6.07) is 8.20. The van der Waals surface area contributed by atoms with Gasteiger partial charge in [0.05, 0.1) is 18.6 Å². The first-order valence-corrected chi connectivity index (χ1v) is 11.3. The molecule has 0 saturated carbocycles. The number of hydrogen-bond acceptors (Lipinski definition) is 5. The third kappa shape index (κ3) is 7.38. The number of ether oxygens (including phenoxy) is 1. The number of methoxy groups -OCH3 is 1. The Morgan fingerprint density at radius 2 is 1.81 bits per heavy atom. The molecule has 1 saturated heterocycles. The number of sulfone groups is 1. The average Bonchev–Trinajstić information content (AvgIpc) is 2.68. The molecule has 8 heteroatoms. The van der Waals surface area contributed by atoms with Crippen LogP contribution in [0.2, 0.25) is 0 Å². The first-order chi connectivity index (χ1) is 12.9. The van der Waals surface area contributed by atoms with Crippen LogP contribution in [0.5, 0.6) is 5.75 Å². The third-order valence-corrected chi connectivity index (χ3v) is 6.54. The minimum atomic E-state index is -2.81. The molecule has 1 aromatic rings. The van der Waals surface area contributed by atoms with Crippen LogP contribution < -0.4 is 15.4 Å². The zero-order chi connectivity index (χ0) is 19.7. The summed E-state index contributed by atoms with van der Waals surface area (Å²) in [7, 11) is 0.620. The Morgan fingerprint density at radius 1 is 1.19 bits per heavy atom. The second-order valence-electron chi connectivity index (χ2n) is 6.88. The highest BCUT2D eigenvalue weighted by molar-refractivity contribution is 7.91. The van der Waals surface area contributed by atoms with Crippen molar-refractivity contribution < 1.29 is 13.2 Å². The molecule has 1 aliphatic heterocycles. The van der Waals surface area contributed by atoms with Crippen LogP contribution in [0.15, 0.2) is 29.3 Å². The molecule has 0 radical (unpaired) electrons. The van der Waals surface area contributed by atoms with Gasteiger partial charge in [-0.2, -0.15) is 0 Å². The Bertz CT molecular complexity index is 690. The predicted molar refractivity (Wildman–Crippen MR) is 110 cm³/mol. The van der Waals surface area contributed by atoms with Gasteiger partial charge in [0.1, 0.15) is 5.75 Å². The molecule has 0 amide bonds. The topological polar surface area (TPSA) is 83.0 Å². The van der Waals surface area contributed by atoms with E-state index >= 15 is 0 Å². The molecule has 0 aliphatic carbocycles. The van der Waals surface area contributed by atoms with Gasteiger partial charge in [-0.15, -0.1) is 0 Å². The monoisotopic (exact) mass is 396 g/mol. The lowest BCUT2D eigenvalue weighted by molar-refractivity contribution is 0.299. The van der Waals surface area contributed by atoms with Gasteiger partial charge in [0.15, 0.2) is 15.8 Å². The van der Waals surface area contributed by atoms with Crippen molar-refractivity contribution in [3.63, 3.8) is 0 Å². The average molecular weight is 397 g/mol. The number of nitrogens with one attached hydrogen (secondary N) is 2. The van der Waals surface area contributed by atoms with Crippen LogP contribution in [0.3, 0.4) is 0 Å². The van der Waals surface area contributed by atoms with E-state index in [-0.39, 0.29) is 11.5 Å². The lowest BCUT2D eigenvalue weighted by Gasteiger charge is -2.26. The van der Waals surface area contributed by atoms with Gasteiger partial charge in [0.2, 0.25) is 0 Å². The van der Waals surface area contributed by atoms with E-state index < -0.39 is 9.84 Å². The minimum Gasteiger partial charge on any atom is -0.497 e. The van der Waals surface area contributed by atoms with Gasteiger partial charge in [-0.05, 0) is 30.0 Å². The molecule has 0 spiro atoms. The normalized spacial score (nSPS) is 18.7. The van der Waals surface area contributed by atoms with Crippen LogP contribution in [0, 0.1) is 0 Å². The van der Waals surface area contributed by atoms with E-state index in [4.69, 9.17) is 4.74 Å². The molecular formula is C19H32N4O3S. The van der Waals surface area contributed by atoms with Gasteiger partial charge in [0.25, 0.3) is 0 Å². The standard InChI is InChI=1S/C19H32N4O3S/c1-16(17-4-6-18(26-3)7-5-17)8-9-21-19(20-2)22-10-11-23-12-14-27(24,25)15-13-23/h4-7,16H,8-15H2,1-3H3,(H2,20,21,22). The van der Waals surface area contributed by atoms with Gasteiger partial charge in [0, 0.05) is 39.8 Å². The summed E-state index contributed by atoms with van der Waals surface area (Å²) in [5.41, 5.74) is 1.29. The van der Waals surface area contributed by atoms with Crippen molar-refractivity contribution in [2.24, 2.45) is 4.99 Å². The summed E-state index contributed by atoms with van der Waals surface area (Å²) in [5.74, 6) is 2.63. The SMILES string of the molecule is CN=C(NCCC(C)c1ccc(OC)cc1)NCCN1CCS(=O)(=O)CC1. The van der Waals surface area contributed by atoms with Crippen LogP contribution >= 0.6 is 0 Å². The van der Waals surface area contributed by atoms with Gasteiger partial charge in [-0.25, -0.2) is 8.42 Å². The molecule has 0 aromatic heterocycles. The molecule has 2 rings (SSSR count). The van der Waals surface area contributed by atoms with Gasteiger partial charge in [-0.3, -0.25) is 9.89 Å². The van der Waals surface area contributed by atoms with Crippen molar-refractivity contribution >= 4 is 15.8 Å². The highest BCUT2D eigenvalue weighted by atomic mass is 32.2. The summed E-state index contributed by atoms with van der Waals surface area (Å²) >= 11 is 0. The fourth-order valence-electron chi connectivity index (χ4n) is 3.03. The molecule has 1 fully saturated rings. The van der Waals surface area contributed by atoms with Crippen LogP contribution in [0.25, 0.3) is 0 Å². The zero-order valence-corrected chi connectivity index (χ0v) is 17.4. The van der Waals surface area contributed by atoms with Crippen LogP contribution in [0.1, 0.15) is 24.8 Å². The van der Waals surface area contributed by atoms with Crippen molar-refractivity contribution in [1.29, 1.82) is 0 Å². The quantitative estimate of drug-likeness (QED) is 0.506. The Labute approximate surface area is 163 Å². The van der Waals surface area contributed by atoms with Gasteiger partial charge >= 0.3 is 0 Å². The summed E-state index contributed by atoms with van der Waals surface area (Å²) in [4.78, 5) is 6.42. The number of guanidine groups is 1. The molecule has 1 aromatic carbocycles. The van der Waals surface area contributed by atoms with E-state index in [2.05, 4.69) is 39.6 Å². The van der Waals surface area contributed by atoms with Crippen molar-refractivity contribution in [2.75, 3.05) is 58.4 Å². The van der Waals surface area contributed by atoms with E-state index in [1.165, 1.54) is 5.56 Å². The Hall–Kier alpha value is -1.80. The number of hydrogen-bond donors (Lipinski definition) is 2. The van der Waals surface area contributed by atoms with Crippen molar-refractivity contribution in [1.82, 2.24) is 15.5 Å². The highest BCUT2D eigenvalue weighted by Crippen LogP contribution is 2.21. The molecule has 2 N–H and O–H groups in total. The largest absolute Gasteiger partial charge is 0.497 e. The molecule has 27 heavy (non-hydrogen) atoms. The maximum Gasteiger partial charge on any atom is 0.191 e. The number of nitrogens with zero attached hydrogens (tertiary/aromatic N) is 2. The Balaban J connectivity index is 1.65. The summed E-state index contributed by atoms with van der Waals surface area (Å²) in [6.07, 6.45) is 0.997. The predicted octanol–water partition coefficient (Wildman–Crippen LogP) is 1.08. The van der Waals surface area contributed by atoms with E-state index in [1.54, 1.807) is 14.2 Å². The first kappa shape index (κ1) is 21.5. The van der Waals surface area contributed by atoms with Crippen molar-refractivity contribution in [2.45, 2.75) is 19.3 Å². The Morgan fingerprint density at radius 3 is 2.41 bits per heavy atom. The molecule has 7 nitrogen and oxygen atoms in total. The van der Waals surface area contributed by atoms with E-state index in [0.717, 1.165) is 37.8 Å². The summed E-state index contributed by atoms with van der Waals surface area (Å²) in [6.45, 7) is 5.84. The van der Waals surface area contributed by atoms with Gasteiger partial charge < -0.3 is 15.4 Å². The molecule has 1 unspecified atom stereocenters. The highest BCUT2D eigenvalue weighted by Gasteiger charge is 2.20. The van der Waals surface area contributed by atoms with Crippen LogP contribution in [-0.2, 0) is 9.84 Å². The molecule has 152 valence electrons. The fraction of sp³-hybridized carbons (Fsp3) is 0.632. The second-order valence-corrected chi connectivity index (χ2v) is 9.19. The Kier molecular flexibility index (Phi) is 8.37. The maximum atomic E-state index is 11.5. The minimum absolute atomic E-state index is 0.267. The smallest absolute Gasteiger partial charge is 0.191 e. The molecule has 1 aliphatic rings. The first-order valence-electron chi connectivity index (χ1n) is 9.45. The molecule has 1 heterocycles.